The lowest BCUT2D eigenvalue weighted by Gasteiger charge is -2.19. The molecule has 0 aliphatic heterocycles. The molecule has 0 heterocycles. The number of hydrogen-bond donors (Lipinski definition) is 1. The SMILES string of the molecule is O=C(OCCCCCCCCCCCCO)c1cc(OCc2ccccc2)c(OCc2ccccc2)c(OCc2ccccc2)c1. The zero-order valence-electron chi connectivity index (χ0n) is 26.9. The van der Waals surface area contributed by atoms with Crippen LogP contribution < -0.4 is 14.2 Å². The highest BCUT2D eigenvalue weighted by atomic mass is 16.5. The van der Waals surface area contributed by atoms with Gasteiger partial charge in [-0.2, -0.15) is 0 Å². The van der Waals surface area contributed by atoms with Crippen molar-refractivity contribution in [3.63, 3.8) is 0 Å². The molecular formula is C40H48O6. The Morgan fingerprint density at radius 1 is 0.500 bits per heavy atom. The maximum absolute atomic E-state index is 13.3. The number of aliphatic hydroxyl groups is 1. The first-order valence-electron chi connectivity index (χ1n) is 16.7. The third kappa shape index (κ3) is 12.6. The molecule has 4 aromatic rings. The molecule has 0 saturated heterocycles. The molecule has 0 aliphatic carbocycles. The predicted molar refractivity (Wildman–Crippen MR) is 182 cm³/mol. The van der Waals surface area contributed by atoms with Gasteiger partial charge < -0.3 is 24.1 Å². The van der Waals surface area contributed by atoms with Crippen LogP contribution in [0.2, 0.25) is 0 Å². The highest BCUT2D eigenvalue weighted by molar-refractivity contribution is 5.91. The van der Waals surface area contributed by atoms with Gasteiger partial charge in [0.1, 0.15) is 19.8 Å². The minimum absolute atomic E-state index is 0.297. The molecule has 0 amide bonds. The van der Waals surface area contributed by atoms with Crippen LogP contribution in [-0.2, 0) is 24.6 Å². The Morgan fingerprint density at radius 2 is 0.891 bits per heavy atom. The largest absolute Gasteiger partial charge is 0.485 e. The predicted octanol–water partition coefficient (Wildman–Crippen LogP) is 9.47. The Balaban J connectivity index is 1.41. The second kappa shape index (κ2) is 20.7. The van der Waals surface area contributed by atoms with Crippen molar-refractivity contribution in [2.45, 2.75) is 84.0 Å². The lowest BCUT2D eigenvalue weighted by atomic mass is 10.1. The summed E-state index contributed by atoms with van der Waals surface area (Å²) in [6.07, 6.45) is 11.1. The number of rotatable bonds is 22. The number of unbranched alkanes of at least 4 members (excludes halogenated alkanes) is 9. The summed E-state index contributed by atoms with van der Waals surface area (Å²) < 4.78 is 24.6. The molecule has 0 atom stereocenters. The van der Waals surface area contributed by atoms with Gasteiger partial charge in [-0.05, 0) is 41.7 Å². The highest BCUT2D eigenvalue weighted by Gasteiger charge is 2.20. The molecule has 0 spiro atoms. The monoisotopic (exact) mass is 624 g/mol. The van der Waals surface area contributed by atoms with Gasteiger partial charge in [0, 0.05) is 6.61 Å². The Bertz CT molecular complexity index is 1330. The van der Waals surface area contributed by atoms with Gasteiger partial charge in [0.2, 0.25) is 5.75 Å². The second-order valence-electron chi connectivity index (χ2n) is 11.5. The van der Waals surface area contributed by atoms with Gasteiger partial charge in [-0.15, -0.1) is 0 Å². The third-order valence-electron chi connectivity index (χ3n) is 7.74. The van der Waals surface area contributed by atoms with Gasteiger partial charge in [0.05, 0.1) is 12.2 Å². The molecule has 0 fully saturated rings. The van der Waals surface area contributed by atoms with Gasteiger partial charge in [-0.3, -0.25) is 0 Å². The van der Waals surface area contributed by atoms with Crippen LogP contribution in [0.25, 0.3) is 0 Å². The molecule has 0 saturated carbocycles. The zero-order valence-corrected chi connectivity index (χ0v) is 26.9. The van der Waals surface area contributed by atoms with E-state index in [4.69, 9.17) is 24.1 Å². The molecule has 0 radical (unpaired) electrons. The van der Waals surface area contributed by atoms with Crippen molar-refractivity contribution in [1.29, 1.82) is 0 Å². The van der Waals surface area contributed by atoms with Crippen molar-refractivity contribution < 1.29 is 28.8 Å². The minimum atomic E-state index is -0.411. The number of ether oxygens (including phenoxy) is 4. The van der Waals surface area contributed by atoms with Crippen molar-refractivity contribution in [2.24, 2.45) is 0 Å². The van der Waals surface area contributed by atoms with Crippen molar-refractivity contribution in [1.82, 2.24) is 0 Å². The molecule has 1 N–H and O–H groups in total. The quantitative estimate of drug-likeness (QED) is 0.0694. The van der Waals surface area contributed by atoms with E-state index in [1.54, 1.807) is 12.1 Å². The summed E-state index contributed by atoms with van der Waals surface area (Å²) in [5, 5.41) is 8.87. The molecule has 6 heteroatoms. The molecule has 0 aromatic heterocycles. The molecule has 46 heavy (non-hydrogen) atoms. The van der Waals surface area contributed by atoms with Gasteiger partial charge in [0.15, 0.2) is 11.5 Å². The molecule has 244 valence electrons. The molecule has 0 aliphatic rings. The Labute approximate surface area is 274 Å². The van der Waals surface area contributed by atoms with Crippen LogP contribution in [0, 0.1) is 0 Å². The fourth-order valence-electron chi connectivity index (χ4n) is 5.13. The van der Waals surface area contributed by atoms with E-state index in [0.717, 1.165) is 48.8 Å². The van der Waals surface area contributed by atoms with Gasteiger partial charge in [0.25, 0.3) is 0 Å². The summed E-state index contributed by atoms with van der Waals surface area (Å²) in [6.45, 7) is 1.60. The number of carbonyl (C=O) groups excluding carboxylic acids is 1. The maximum atomic E-state index is 13.3. The van der Waals surface area contributed by atoms with E-state index in [9.17, 15) is 4.79 Å². The number of carbonyl (C=O) groups is 1. The Hall–Kier alpha value is -4.29. The normalized spacial score (nSPS) is 10.8. The second-order valence-corrected chi connectivity index (χ2v) is 11.5. The summed E-state index contributed by atoms with van der Waals surface area (Å²) in [5.41, 5.74) is 3.36. The molecule has 4 rings (SSSR count). The van der Waals surface area contributed by atoms with E-state index < -0.39 is 5.97 Å². The number of esters is 1. The Morgan fingerprint density at radius 3 is 1.33 bits per heavy atom. The summed E-state index contributed by atoms with van der Waals surface area (Å²) in [7, 11) is 0. The fourth-order valence-corrected chi connectivity index (χ4v) is 5.13. The van der Waals surface area contributed by atoms with Gasteiger partial charge in [-0.25, -0.2) is 4.79 Å². The first kappa shape index (κ1) is 34.6. The number of benzene rings is 4. The van der Waals surface area contributed by atoms with Crippen molar-refractivity contribution in [3.05, 3.63) is 125 Å². The maximum Gasteiger partial charge on any atom is 0.338 e. The topological polar surface area (TPSA) is 74.2 Å². The fraction of sp³-hybridized carbons (Fsp3) is 0.375. The van der Waals surface area contributed by atoms with E-state index in [1.807, 2.05) is 91.0 Å². The molecule has 0 bridgehead atoms. The first-order valence-corrected chi connectivity index (χ1v) is 16.7. The van der Waals surface area contributed by atoms with Crippen LogP contribution in [0.15, 0.2) is 103 Å². The minimum Gasteiger partial charge on any atom is -0.485 e. The third-order valence-corrected chi connectivity index (χ3v) is 7.74. The average molecular weight is 625 g/mol. The highest BCUT2D eigenvalue weighted by Crippen LogP contribution is 2.40. The van der Waals surface area contributed by atoms with Crippen LogP contribution in [0.3, 0.4) is 0 Å². The number of hydrogen-bond acceptors (Lipinski definition) is 6. The van der Waals surface area contributed by atoms with Crippen LogP contribution in [-0.4, -0.2) is 24.3 Å². The van der Waals surface area contributed by atoms with Crippen LogP contribution in [0.1, 0.15) is 91.3 Å². The van der Waals surface area contributed by atoms with Crippen LogP contribution in [0.5, 0.6) is 17.2 Å². The standard InChI is InChI=1S/C40H48O6/c41-26-18-7-5-3-1-2-4-6-8-19-27-43-40(42)36-28-37(44-30-33-20-12-9-13-21-33)39(46-32-35-24-16-11-17-25-35)38(29-36)45-31-34-22-14-10-15-23-34/h9-17,20-25,28-29,41H,1-8,18-19,26-27,30-32H2. The summed E-state index contributed by atoms with van der Waals surface area (Å²) >= 11 is 0. The van der Waals surface area contributed by atoms with E-state index in [1.165, 1.54) is 32.1 Å². The average Bonchev–Trinajstić information content (AvgIpc) is 3.10. The van der Waals surface area contributed by atoms with Crippen LogP contribution in [0.4, 0.5) is 0 Å². The van der Waals surface area contributed by atoms with E-state index in [2.05, 4.69) is 0 Å². The Kier molecular flexibility index (Phi) is 15.5. The molecule has 4 aromatic carbocycles. The van der Waals surface area contributed by atoms with E-state index in [0.29, 0.717) is 55.8 Å². The van der Waals surface area contributed by atoms with E-state index in [-0.39, 0.29) is 0 Å². The summed E-state index contributed by atoms with van der Waals surface area (Å²) in [5.74, 6) is 0.884. The molecule has 6 nitrogen and oxygen atoms in total. The van der Waals surface area contributed by atoms with E-state index >= 15 is 0 Å². The summed E-state index contributed by atoms with van der Waals surface area (Å²) in [4.78, 5) is 13.3. The molecular weight excluding hydrogens is 576 g/mol. The van der Waals surface area contributed by atoms with Crippen LogP contribution >= 0.6 is 0 Å². The van der Waals surface area contributed by atoms with Crippen molar-refractivity contribution in [2.75, 3.05) is 13.2 Å². The lowest BCUT2D eigenvalue weighted by Crippen LogP contribution is -2.10. The van der Waals surface area contributed by atoms with Gasteiger partial charge in [-0.1, -0.05) is 142 Å². The first-order chi connectivity index (χ1) is 22.7. The van der Waals surface area contributed by atoms with Gasteiger partial charge >= 0.3 is 5.97 Å². The smallest absolute Gasteiger partial charge is 0.338 e. The lowest BCUT2D eigenvalue weighted by molar-refractivity contribution is 0.0496. The number of aliphatic hydroxyl groups excluding tert-OH is 1. The zero-order chi connectivity index (χ0) is 32.1. The summed E-state index contributed by atoms with van der Waals surface area (Å²) in [6, 6.07) is 33.1. The molecule has 0 unspecified atom stereocenters. The van der Waals surface area contributed by atoms with Crippen molar-refractivity contribution in [3.8, 4) is 17.2 Å². The van der Waals surface area contributed by atoms with Crippen molar-refractivity contribution >= 4 is 5.97 Å².